The van der Waals surface area contributed by atoms with E-state index in [0.717, 1.165) is 6.54 Å². The Morgan fingerprint density at radius 3 is 2.74 bits per heavy atom. The lowest BCUT2D eigenvalue weighted by Crippen LogP contribution is -2.28. The molecule has 1 atom stereocenters. The topological polar surface area (TPSA) is 27.8 Å². The Bertz CT molecular complexity index is 720. The first-order chi connectivity index (χ1) is 9.42. The van der Waals surface area contributed by atoms with Crippen molar-refractivity contribution in [3.05, 3.63) is 48.0 Å². The predicted octanol–water partition coefficient (Wildman–Crippen LogP) is 3.79. The molecule has 1 unspecified atom stereocenters. The third-order valence-electron chi connectivity index (χ3n) is 4.30. The minimum atomic E-state index is 0.673. The van der Waals surface area contributed by atoms with Crippen LogP contribution >= 0.6 is 0 Å². The van der Waals surface area contributed by atoms with Gasteiger partial charge in [-0.1, -0.05) is 24.3 Å². The summed E-state index contributed by atoms with van der Waals surface area (Å²) in [5.74, 6) is 0.673. The number of aromatic nitrogens is 1. The van der Waals surface area contributed by atoms with E-state index in [1.807, 2.05) is 0 Å². The number of piperidine rings is 1. The second kappa shape index (κ2) is 4.39. The van der Waals surface area contributed by atoms with Gasteiger partial charge in [0.25, 0.3) is 0 Å². The van der Waals surface area contributed by atoms with Crippen molar-refractivity contribution < 1.29 is 0 Å². The second-order valence-electron chi connectivity index (χ2n) is 5.52. The third-order valence-corrected chi connectivity index (χ3v) is 4.30. The Hall–Kier alpha value is -1.80. The van der Waals surface area contributed by atoms with E-state index in [-0.39, 0.29) is 0 Å². The molecule has 2 nitrogen and oxygen atoms in total. The lowest BCUT2D eigenvalue weighted by molar-refractivity contribution is 0.462. The summed E-state index contributed by atoms with van der Waals surface area (Å²) in [5.41, 5.74) is 3.95. The number of H-pyrrole nitrogens is 1. The van der Waals surface area contributed by atoms with Gasteiger partial charge in [0.15, 0.2) is 0 Å². The van der Waals surface area contributed by atoms with Gasteiger partial charge in [0.1, 0.15) is 0 Å². The number of para-hydroxylation sites is 1. The van der Waals surface area contributed by atoms with E-state index in [9.17, 15) is 0 Å². The summed E-state index contributed by atoms with van der Waals surface area (Å²) in [6, 6.07) is 15.5. The van der Waals surface area contributed by atoms with Crippen LogP contribution < -0.4 is 5.32 Å². The average Bonchev–Trinajstić information content (AvgIpc) is 2.86. The zero-order valence-electron chi connectivity index (χ0n) is 10.9. The summed E-state index contributed by atoms with van der Waals surface area (Å²) < 4.78 is 0. The number of fused-ring (bicyclic) bond motifs is 3. The Balaban J connectivity index is 1.87. The summed E-state index contributed by atoms with van der Waals surface area (Å²) in [4.78, 5) is 3.49. The molecule has 4 rings (SSSR count). The molecule has 3 aromatic rings. The Morgan fingerprint density at radius 2 is 1.84 bits per heavy atom. The minimum absolute atomic E-state index is 0.673. The van der Waals surface area contributed by atoms with Gasteiger partial charge in [-0.15, -0.1) is 0 Å². The number of hydrogen-bond acceptors (Lipinski definition) is 1. The Morgan fingerprint density at radius 1 is 0.947 bits per heavy atom. The highest BCUT2D eigenvalue weighted by Gasteiger charge is 2.16. The first kappa shape index (κ1) is 11.1. The van der Waals surface area contributed by atoms with Crippen molar-refractivity contribution in [1.82, 2.24) is 10.3 Å². The lowest BCUT2D eigenvalue weighted by atomic mass is 9.91. The highest BCUT2D eigenvalue weighted by atomic mass is 14.9. The van der Waals surface area contributed by atoms with Crippen molar-refractivity contribution in [2.75, 3.05) is 13.1 Å². The third kappa shape index (κ3) is 1.83. The molecule has 1 saturated heterocycles. The molecule has 2 N–H and O–H groups in total. The molecule has 0 aliphatic carbocycles. The summed E-state index contributed by atoms with van der Waals surface area (Å²) in [7, 11) is 0. The monoisotopic (exact) mass is 250 g/mol. The molecule has 1 aliphatic rings. The van der Waals surface area contributed by atoms with Gasteiger partial charge in [-0.2, -0.15) is 0 Å². The molecular weight excluding hydrogens is 232 g/mol. The van der Waals surface area contributed by atoms with Crippen molar-refractivity contribution in [3.8, 4) is 0 Å². The second-order valence-corrected chi connectivity index (χ2v) is 5.52. The van der Waals surface area contributed by atoms with Gasteiger partial charge >= 0.3 is 0 Å². The maximum atomic E-state index is 3.50. The summed E-state index contributed by atoms with van der Waals surface area (Å²) in [5, 5.41) is 6.20. The molecule has 96 valence electrons. The van der Waals surface area contributed by atoms with Gasteiger partial charge in [-0.05, 0) is 49.1 Å². The molecule has 0 amide bonds. The Labute approximate surface area is 112 Å². The lowest BCUT2D eigenvalue weighted by Gasteiger charge is -2.23. The summed E-state index contributed by atoms with van der Waals surface area (Å²) in [6.07, 6.45) is 2.59. The van der Waals surface area contributed by atoms with Crippen LogP contribution in [0.15, 0.2) is 42.5 Å². The van der Waals surface area contributed by atoms with Crippen LogP contribution in [-0.4, -0.2) is 18.1 Å². The van der Waals surface area contributed by atoms with Crippen LogP contribution in [0.25, 0.3) is 21.8 Å². The number of aromatic amines is 1. The number of rotatable bonds is 1. The van der Waals surface area contributed by atoms with Crippen molar-refractivity contribution >= 4 is 21.8 Å². The van der Waals surface area contributed by atoms with E-state index in [4.69, 9.17) is 0 Å². The standard InChI is InChI=1S/C17H18N2/c1-2-6-16-14(5-1)15-10-12(7-8-17(15)19-16)13-4-3-9-18-11-13/h1-2,5-8,10,13,18-19H,3-4,9,11H2. The molecule has 0 radical (unpaired) electrons. The molecule has 0 spiro atoms. The highest BCUT2D eigenvalue weighted by Crippen LogP contribution is 2.30. The van der Waals surface area contributed by atoms with Gasteiger partial charge in [0.2, 0.25) is 0 Å². The molecular formula is C17H18N2. The van der Waals surface area contributed by atoms with Gasteiger partial charge in [-0.3, -0.25) is 0 Å². The average molecular weight is 250 g/mol. The molecule has 0 bridgehead atoms. The van der Waals surface area contributed by atoms with Crippen LogP contribution in [0.1, 0.15) is 24.3 Å². The number of benzene rings is 2. The van der Waals surface area contributed by atoms with Gasteiger partial charge in [0, 0.05) is 28.4 Å². The molecule has 19 heavy (non-hydrogen) atoms. The van der Waals surface area contributed by atoms with Crippen molar-refractivity contribution in [2.45, 2.75) is 18.8 Å². The molecule has 2 aromatic carbocycles. The fraction of sp³-hybridized carbons (Fsp3) is 0.294. The van der Waals surface area contributed by atoms with Crippen LogP contribution in [-0.2, 0) is 0 Å². The van der Waals surface area contributed by atoms with Crippen molar-refractivity contribution in [3.63, 3.8) is 0 Å². The first-order valence-electron chi connectivity index (χ1n) is 7.13. The molecule has 0 saturated carbocycles. The van der Waals surface area contributed by atoms with Crippen molar-refractivity contribution in [1.29, 1.82) is 0 Å². The maximum Gasteiger partial charge on any atom is 0.0465 e. The molecule has 2 heterocycles. The van der Waals surface area contributed by atoms with Crippen LogP contribution in [0.2, 0.25) is 0 Å². The molecule has 1 aliphatic heterocycles. The first-order valence-corrected chi connectivity index (χ1v) is 7.13. The van der Waals surface area contributed by atoms with Crippen molar-refractivity contribution in [2.24, 2.45) is 0 Å². The minimum Gasteiger partial charge on any atom is -0.355 e. The van der Waals surface area contributed by atoms with Crippen LogP contribution in [0.5, 0.6) is 0 Å². The molecule has 1 fully saturated rings. The van der Waals surface area contributed by atoms with Gasteiger partial charge in [-0.25, -0.2) is 0 Å². The quantitative estimate of drug-likeness (QED) is 0.675. The van der Waals surface area contributed by atoms with Crippen LogP contribution in [0.3, 0.4) is 0 Å². The highest BCUT2D eigenvalue weighted by molar-refractivity contribution is 6.07. The zero-order chi connectivity index (χ0) is 12.7. The van der Waals surface area contributed by atoms with E-state index >= 15 is 0 Å². The largest absolute Gasteiger partial charge is 0.355 e. The fourth-order valence-corrected chi connectivity index (χ4v) is 3.26. The van der Waals surface area contributed by atoms with E-state index in [1.54, 1.807) is 0 Å². The van der Waals surface area contributed by atoms with E-state index < -0.39 is 0 Å². The van der Waals surface area contributed by atoms with Gasteiger partial charge < -0.3 is 10.3 Å². The summed E-state index contributed by atoms with van der Waals surface area (Å²) >= 11 is 0. The van der Waals surface area contributed by atoms with Gasteiger partial charge in [0.05, 0.1) is 0 Å². The predicted molar refractivity (Wildman–Crippen MR) is 80.6 cm³/mol. The number of hydrogen-bond donors (Lipinski definition) is 2. The fourth-order valence-electron chi connectivity index (χ4n) is 3.26. The normalized spacial score (nSPS) is 20.1. The smallest absolute Gasteiger partial charge is 0.0465 e. The molecule has 1 aromatic heterocycles. The SMILES string of the molecule is c1ccc2c(c1)[nH]c1ccc(C3CCCNC3)cc12. The number of nitrogens with one attached hydrogen (secondary N) is 2. The molecule has 2 heteroatoms. The van der Waals surface area contributed by atoms with E-state index in [1.165, 1.54) is 46.8 Å². The zero-order valence-corrected chi connectivity index (χ0v) is 10.9. The summed E-state index contributed by atoms with van der Waals surface area (Å²) in [6.45, 7) is 2.29. The van der Waals surface area contributed by atoms with E-state index in [2.05, 4.69) is 52.8 Å². The van der Waals surface area contributed by atoms with Crippen LogP contribution in [0.4, 0.5) is 0 Å². The maximum absolute atomic E-state index is 3.50. The van der Waals surface area contributed by atoms with Crippen LogP contribution in [0, 0.1) is 0 Å². The van der Waals surface area contributed by atoms with E-state index in [0.29, 0.717) is 5.92 Å². The Kier molecular flexibility index (Phi) is 2.56.